The summed E-state index contributed by atoms with van der Waals surface area (Å²) in [5.41, 5.74) is 4.49. The van der Waals surface area contributed by atoms with Gasteiger partial charge in [-0.05, 0) is 96.3 Å². The van der Waals surface area contributed by atoms with E-state index in [1.54, 1.807) is 43.3 Å². The van der Waals surface area contributed by atoms with Crippen molar-refractivity contribution < 1.29 is 18.0 Å². The van der Waals surface area contributed by atoms with Gasteiger partial charge in [0.1, 0.15) is 12.6 Å². The number of hydrogen-bond acceptors (Lipinski definition) is 4. The molecule has 0 radical (unpaired) electrons. The number of nitrogens with one attached hydrogen (secondary N) is 1. The second-order valence-corrected chi connectivity index (χ2v) is 13.5. The Labute approximate surface area is 239 Å². The van der Waals surface area contributed by atoms with Crippen molar-refractivity contribution in [3.8, 4) is 0 Å². The molecule has 0 heterocycles. The molecule has 40 heavy (non-hydrogen) atoms. The van der Waals surface area contributed by atoms with E-state index in [9.17, 15) is 18.0 Å². The van der Waals surface area contributed by atoms with Crippen LogP contribution in [0.5, 0.6) is 0 Å². The average molecular weight is 564 g/mol. The number of sulfonamides is 1. The van der Waals surface area contributed by atoms with Crippen molar-refractivity contribution in [3.63, 3.8) is 0 Å². The van der Waals surface area contributed by atoms with Gasteiger partial charge in [0.15, 0.2) is 0 Å². The van der Waals surface area contributed by atoms with E-state index in [-0.39, 0.29) is 17.3 Å². The first-order valence-corrected chi connectivity index (χ1v) is 14.9. The van der Waals surface area contributed by atoms with Gasteiger partial charge >= 0.3 is 0 Å². The molecule has 7 nitrogen and oxygen atoms in total. The van der Waals surface area contributed by atoms with Crippen LogP contribution in [0.1, 0.15) is 55.5 Å². The molecule has 0 spiro atoms. The molecule has 2 amide bonds. The summed E-state index contributed by atoms with van der Waals surface area (Å²) < 4.78 is 29.1. The van der Waals surface area contributed by atoms with Gasteiger partial charge in [-0.25, -0.2) is 8.42 Å². The van der Waals surface area contributed by atoms with Crippen molar-refractivity contribution in [1.29, 1.82) is 0 Å². The number of carbonyl (C=O) groups excluding carboxylic acids is 2. The summed E-state index contributed by atoms with van der Waals surface area (Å²) in [6, 6.07) is 18.9. The van der Waals surface area contributed by atoms with Gasteiger partial charge in [0, 0.05) is 12.1 Å². The minimum atomic E-state index is -4.10. The van der Waals surface area contributed by atoms with E-state index in [1.165, 1.54) is 4.90 Å². The lowest BCUT2D eigenvalue weighted by atomic mass is 10.1. The summed E-state index contributed by atoms with van der Waals surface area (Å²) in [5, 5.41) is 2.95. The Morgan fingerprint density at radius 2 is 1.30 bits per heavy atom. The third-order valence-corrected chi connectivity index (χ3v) is 8.31. The van der Waals surface area contributed by atoms with E-state index in [0.29, 0.717) is 5.69 Å². The minimum absolute atomic E-state index is 0.0914. The van der Waals surface area contributed by atoms with Crippen LogP contribution < -0.4 is 9.62 Å². The van der Waals surface area contributed by atoms with Gasteiger partial charge in [0.2, 0.25) is 11.8 Å². The first kappa shape index (κ1) is 30.9. The second kappa shape index (κ2) is 12.3. The molecule has 0 aliphatic rings. The lowest BCUT2D eigenvalue weighted by Gasteiger charge is -2.33. The summed E-state index contributed by atoms with van der Waals surface area (Å²) in [7, 11) is -4.10. The maximum absolute atomic E-state index is 14.1. The molecule has 0 aliphatic carbocycles. The van der Waals surface area contributed by atoms with Crippen LogP contribution in [-0.2, 0) is 26.2 Å². The van der Waals surface area contributed by atoms with Crippen LogP contribution in [0.15, 0.2) is 71.6 Å². The maximum atomic E-state index is 14.1. The number of rotatable bonds is 9. The molecule has 214 valence electrons. The molecule has 0 saturated carbocycles. The van der Waals surface area contributed by atoms with Gasteiger partial charge in [-0.1, -0.05) is 53.6 Å². The van der Waals surface area contributed by atoms with Gasteiger partial charge in [0.05, 0.1) is 10.6 Å². The van der Waals surface area contributed by atoms with E-state index >= 15 is 0 Å². The zero-order valence-corrected chi connectivity index (χ0v) is 25.6. The van der Waals surface area contributed by atoms with Crippen molar-refractivity contribution in [3.05, 3.63) is 94.5 Å². The number of aryl methyl sites for hydroxylation is 4. The fourth-order valence-corrected chi connectivity index (χ4v) is 5.81. The van der Waals surface area contributed by atoms with E-state index < -0.39 is 34.1 Å². The largest absolute Gasteiger partial charge is 0.350 e. The summed E-state index contributed by atoms with van der Waals surface area (Å²) in [5.74, 6) is -0.792. The van der Waals surface area contributed by atoms with E-state index in [1.807, 2.05) is 78.8 Å². The molecule has 3 aromatic rings. The zero-order valence-electron chi connectivity index (χ0n) is 24.8. The van der Waals surface area contributed by atoms with E-state index in [4.69, 9.17) is 0 Å². The summed E-state index contributed by atoms with van der Waals surface area (Å²) in [6.45, 7) is 14.6. The van der Waals surface area contributed by atoms with Gasteiger partial charge in [-0.3, -0.25) is 13.9 Å². The molecule has 0 bridgehead atoms. The third-order valence-electron chi connectivity index (χ3n) is 6.52. The van der Waals surface area contributed by atoms with Crippen LogP contribution in [0.2, 0.25) is 0 Å². The van der Waals surface area contributed by atoms with Crippen molar-refractivity contribution in [1.82, 2.24) is 10.2 Å². The van der Waals surface area contributed by atoms with Crippen molar-refractivity contribution in [2.45, 2.75) is 78.4 Å². The zero-order chi connectivity index (χ0) is 29.8. The molecule has 8 heteroatoms. The van der Waals surface area contributed by atoms with Crippen LogP contribution >= 0.6 is 0 Å². The van der Waals surface area contributed by atoms with Gasteiger partial charge < -0.3 is 10.2 Å². The normalized spacial score (nSPS) is 12.5. The summed E-state index contributed by atoms with van der Waals surface area (Å²) in [6.07, 6.45) is 0. The molecule has 0 aliphatic heterocycles. The Morgan fingerprint density at radius 3 is 1.80 bits per heavy atom. The fourth-order valence-electron chi connectivity index (χ4n) is 4.41. The van der Waals surface area contributed by atoms with Crippen LogP contribution in [0.4, 0.5) is 5.69 Å². The SMILES string of the molecule is Cc1ccc(CN(C(=O)CN(c2cc(C)cc(C)c2)S(=O)(=O)c2ccc(C)cc2)C(C)C(=O)NC(C)(C)C)cc1. The topological polar surface area (TPSA) is 86.8 Å². The smallest absolute Gasteiger partial charge is 0.264 e. The highest BCUT2D eigenvalue weighted by atomic mass is 32.2. The molecule has 3 rings (SSSR count). The average Bonchev–Trinajstić information content (AvgIpc) is 2.85. The Hall–Kier alpha value is -3.65. The fraction of sp³-hybridized carbons (Fsp3) is 0.375. The quantitative estimate of drug-likeness (QED) is 0.375. The highest BCUT2D eigenvalue weighted by Crippen LogP contribution is 2.27. The van der Waals surface area contributed by atoms with Crippen LogP contribution in [0.3, 0.4) is 0 Å². The lowest BCUT2D eigenvalue weighted by molar-refractivity contribution is -0.140. The number of anilines is 1. The monoisotopic (exact) mass is 563 g/mol. The molecule has 3 aromatic carbocycles. The minimum Gasteiger partial charge on any atom is -0.350 e. The standard InChI is InChI=1S/C32H41N3O4S/c1-22-9-13-27(14-10-22)20-34(26(5)31(37)33-32(6,7)8)30(36)21-35(28-18-24(3)17-25(4)19-28)40(38,39)29-15-11-23(2)12-16-29/h9-19,26H,20-21H2,1-8H3,(H,33,37). The molecule has 1 N–H and O–H groups in total. The van der Waals surface area contributed by atoms with Crippen LogP contribution in [0, 0.1) is 27.7 Å². The number of carbonyl (C=O) groups is 2. The highest BCUT2D eigenvalue weighted by Gasteiger charge is 2.33. The van der Waals surface area contributed by atoms with Crippen LogP contribution in [0.25, 0.3) is 0 Å². The summed E-state index contributed by atoms with van der Waals surface area (Å²) >= 11 is 0. The van der Waals surface area contributed by atoms with Gasteiger partial charge in [0.25, 0.3) is 10.0 Å². The molecule has 1 unspecified atom stereocenters. The Balaban J connectivity index is 2.07. The van der Waals surface area contributed by atoms with Gasteiger partial charge in [-0.2, -0.15) is 0 Å². The molecule has 1 atom stereocenters. The first-order chi connectivity index (χ1) is 18.6. The molecular formula is C32H41N3O4S. The number of amides is 2. The van der Waals surface area contributed by atoms with Crippen molar-refractivity contribution >= 4 is 27.5 Å². The predicted molar refractivity (Wildman–Crippen MR) is 161 cm³/mol. The Kier molecular flexibility index (Phi) is 9.46. The maximum Gasteiger partial charge on any atom is 0.264 e. The number of nitrogens with zero attached hydrogens (tertiary/aromatic N) is 2. The number of benzene rings is 3. The third kappa shape index (κ3) is 7.94. The Bertz CT molecular complexity index is 1440. The molecular weight excluding hydrogens is 522 g/mol. The predicted octanol–water partition coefficient (Wildman–Crippen LogP) is 5.45. The second-order valence-electron chi connectivity index (χ2n) is 11.6. The van der Waals surface area contributed by atoms with Gasteiger partial charge in [-0.15, -0.1) is 0 Å². The van der Waals surface area contributed by atoms with Crippen molar-refractivity contribution in [2.75, 3.05) is 10.8 Å². The van der Waals surface area contributed by atoms with E-state index in [2.05, 4.69) is 5.32 Å². The molecule has 0 fully saturated rings. The first-order valence-electron chi connectivity index (χ1n) is 13.4. The summed E-state index contributed by atoms with van der Waals surface area (Å²) in [4.78, 5) is 28.8. The highest BCUT2D eigenvalue weighted by molar-refractivity contribution is 7.92. The Morgan fingerprint density at radius 1 is 0.800 bits per heavy atom. The number of hydrogen-bond donors (Lipinski definition) is 1. The van der Waals surface area contributed by atoms with Crippen molar-refractivity contribution in [2.24, 2.45) is 0 Å². The van der Waals surface area contributed by atoms with E-state index in [0.717, 1.165) is 32.1 Å². The molecule has 0 aromatic heterocycles. The lowest BCUT2D eigenvalue weighted by Crippen LogP contribution is -2.54. The molecule has 0 saturated heterocycles. The van der Waals surface area contributed by atoms with Crippen LogP contribution in [-0.4, -0.2) is 43.3 Å².